The lowest BCUT2D eigenvalue weighted by Crippen LogP contribution is -2.47. The molecule has 6 heteroatoms. The van der Waals surface area contributed by atoms with Crippen LogP contribution in [0.2, 0.25) is 0 Å². The summed E-state index contributed by atoms with van der Waals surface area (Å²) < 4.78 is 0. The zero-order chi connectivity index (χ0) is 15.4. The number of piperazine rings is 1. The van der Waals surface area contributed by atoms with Gasteiger partial charge in [-0.25, -0.2) is 0 Å². The van der Waals surface area contributed by atoms with Crippen LogP contribution in [-0.2, 0) is 4.79 Å². The van der Waals surface area contributed by atoms with Crippen molar-refractivity contribution in [3.05, 3.63) is 23.0 Å². The van der Waals surface area contributed by atoms with E-state index in [9.17, 15) is 10.1 Å². The number of hydrogen-bond acceptors (Lipinski definition) is 5. The van der Waals surface area contributed by atoms with Gasteiger partial charge in [0, 0.05) is 36.8 Å². The van der Waals surface area contributed by atoms with Crippen LogP contribution in [0.4, 0.5) is 0 Å². The van der Waals surface area contributed by atoms with Crippen LogP contribution in [0.3, 0.4) is 0 Å². The molecule has 1 amide bonds. The third-order valence-electron chi connectivity index (χ3n) is 3.61. The van der Waals surface area contributed by atoms with Crippen molar-refractivity contribution in [3.63, 3.8) is 0 Å². The molecule has 0 atom stereocenters. The van der Waals surface area contributed by atoms with Gasteiger partial charge in [0.1, 0.15) is 6.07 Å². The first-order chi connectivity index (χ1) is 10.0. The summed E-state index contributed by atoms with van der Waals surface area (Å²) >= 11 is 1.44. The van der Waals surface area contributed by atoms with Gasteiger partial charge in [-0.05, 0) is 27.0 Å². The SMILES string of the molecule is Cc1cc(SCC(=O)N2CCN(C)CC2)c(C#N)c(C)n1. The molecular weight excluding hydrogens is 284 g/mol. The van der Waals surface area contributed by atoms with Crippen LogP contribution in [0.25, 0.3) is 0 Å². The Hall–Kier alpha value is -1.58. The summed E-state index contributed by atoms with van der Waals surface area (Å²) in [6.45, 7) is 7.16. The van der Waals surface area contributed by atoms with E-state index in [0.717, 1.165) is 42.5 Å². The highest BCUT2D eigenvalue weighted by molar-refractivity contribution is 8.00. The highest BCUT2D eigenvalue weighted by atomic mass is 32.2. The third kappa shape index (κ3) is 3.96. The van der Waals surface area contributed by atoms with Crippen LogP contribution >= 0.6 is 11.8 Å². The number of pyridine rings is 1. The third-order valence-corrected chi connectivity index (χ3v) is 4.64. The molecule has 1 aromatic rings. The molecule has 0 N–H and O–H groups in total. The van der Waals surface area contributed by atoms with E-state index >= 15 is 0 Å². The molecule has 5 nitrogen and oxygen atoms in total. The van der Waals surface area contributed by atoms with Gasteiger partial charge in [-0.15, -0.1) is 11.8 Å². The zero-order valence-electron chi connectivity index (χ0n) is 12.7. The summed E-state index contributed by atoms with van der Waals surface area (Å²) in [7, 11) is 2.07. The molecule has 0 aromatic carbocycles. The molecule has 1 fully saturated rings. The lowest BCUT2D eigenvalue weighted by atomic mass is 10.2. The Labute approximate surface area is 129 Å². The molecule has 1 aromatic heterocycles. The van der Waals surface area contributed by atoms with Crippen molar-refractivity contribution in [3.8, 4) is 6.07 Å². The molecule has 21 heavy (non-hydrogen) atoms. The molecule has 0 spiro atoms. The molecule has 1 aliphatic heterocycles. The Morgan fingerprint density at radius 3 is 2.67 bits per heavy atom. The van der Waals surface area contributed by atoms with Gasteiger partial charge in [-0.2, -0.15) is 5.26 Å². The molecule has 0 unspecified atom stereocenters. The maximum absolute atomic E-state index is 12.2. The van der Waals surface area contributed by atoms with E-state index in [1.807, 2.05) is 24.8 Å². The van der Waals surface area contributed by atoms with E-state index < -0.39 is 0 Å². The van der Waals surface area contributed by atoms with Gasteiger partial charge >= 0.3 is 0 Å². The number of nitrogens with zero attached hydrogens (tertiary/aromatic N) is 4. The number of aromatic nitrogens is 1. The van der Waals surface area contributed by atoms with Gasteiger partial charge in [0.25, 0.3) is 0 Å². The fourth-order valence-corrected chi connectivity index (χ4v) is 3.38. The van der Waals surface area contributed by atoms with Gasteiger partial charge in [-0.1, -0.05) is 0 Å². The molecular formula is C15H20N4OS. The average Bonchev–Trinajstić information content (AvgIpc) is 2.45. The first-order valence-electron chi connectivity index (χ1n) is 6.98. The van der Waals surface area contributed by atoms with Crippen LogP contribution in [0, 0.1) is 25.2 Å². The molecule has 0 bridgehead atoms. The lowest BCUT2D eigenvalue weighted by molar-refractivity contribution is -0.129. The van der Waals surface area contributed by atoms with E-state index in [2.05, 4.69) is 23.0 Å². The van der Waals surface area contributed by atoms with Crippen molar-refractivity contribution in [1.82, 2.24) is 14.8 Å². The molecule has 112 valence electrons. The van der Waals surface area contributed by atoms with Crippen molar-refractivity contribution in [2.75, 3.05) is 39.0 Å². The fraction of sp³-hybridized carbons (Fsp3) is 0.533. The Kier molecular flexibility index (Phi) is 5.21. The summed E-state index contributed by atoms with van der Waals surface area (Å²) in [4.78, 5) is 21.5. The minimum Gasteiger partial charge on any atom is -0.339 e. The molecule has 1 aliphatic rings. The van der Waals surface area contributed by atoms with Gasteiger partial charge in [0.2, 0.25) is 5.91 Å². The van der Waals surface area contributed by atoms with Gasteiger partial charge in [-0.3, -0.25) is 9.78 Å². The maximum Gasteiger partial charge on any atom is 0.233 e. The van der Waals surface area contributed by atoms with Crippen molar-refractivity contribution in [1.29, 1.82) is 5.26 Å². The van der Waals surface area contributed by atoms with E-state index in [4.69, 9.17) is 0 Å². The average molecular weight is 304 g/mol. The summed E-state index contributed by atoms with van der Waals surface area (Å²) in [5.74, 6) is 0.519. The summed E-state index contributed by atoms with van der Waals surface area (Å²) in [5, 5.41) is 9.23. The van der Waals surface area contributed by atoms with E-state index in [1.54, 1.807) is 0 Å². The second-order valence-corrected chi connectivity index (χ2v) is 6.32. The zero-order valence-corrected chi connectivity index (χ0v) is 13.5. The van der Waals surface area contributed by atoms with Gasteiger partial charge in [0.15, 0.2) is 0 Å². The van der Waals surface area contributed by atoms with Gasteiger partial charge in [0.05, 0.1) is 17.0 Å². The molecule has 2 heterocycles. The smallest absolute Gasteiger partial charge is 0.233 e. The number of carbonyl (C=O) groups excluding carboxylic acids is 1. The maximum atomic E-state index is 12.2. The largest absolute Gasteiger partial charge is 0.339 e. The van der Waals surface area contributed by atoms with E-state index in [-0.39, 0.29) is 5.91 Å². The summed E-state index contributed by atoms with van der Waals surface area (Å²) in [6.07, 6.45) is 0. The number of thioether (sulfide) groups is 1. The number of aryl methyl sites for hydroxylation is 2. The summed E-state index contributed by atoms with van der Waals surface area (Å²) in [5.41, 5.74) is 2.19. The highest BCUT2D eigenvalue weighted by Crippen LogP contribution is 2.25. The minimum absolute atomic E-state index is 0.143. The van der Waals surface area contributed by atoms with Gasteiger partial charge < -0.3 is 9.80 Å². The van der Waals surface area contributed by atoms with E-state index in [0.29, 0.717) is 11.3 Å². The second-order valence-electron chi connectivity index (χ2n) is 5.31. The highest BCUT2D eigenvalue weighted by Gasteiger charge is 2.19. The lowest BCUT2D eigenvalue weighted by Gasteiger charge is -2.32. The van der Waals surface area contributed by atoms with Crippen molar-refractivity contribution < 1.29 is 4.79 Å². The predicted molar refractivity (Wildman–Crippen MR) is 83.2 cm³/mol. The molecule has 2 rings (SSSR count). The Morgan fingerprint density at radius 2 is 2.05 bits per heavy atom. The van der Waals surface area contributed by atoms with Crippen molar-refractivity contribution >= 4 is 17.7 Å². The Morgan fingerprint density at radius 1 is 1.38 bits per heavy atom. The van der Waals surface area contributed by atoms with E-state index in [1.165, 1.54) is 11.8 Å². The van der Waals surface area contributed by atoms with Crippen LogP contribution in [-0.4, -0.2) is 59.7 Å². The van der Waals surface area contributed by atoms with Crippen LogP contribution in [0.1, 0.15) is 17.0 Å². The second kappa shape index (κ2) is 6.92. The van der Waals surface area contributed by atoms with Crippen molar-refractivity contribution in [2.24, 2.45) is 0 Å². The topological polar surface area (TPSA) is 60.2 Å². The van der Waals surface area contributed by atoms with Crippen LogP contribution < -0.4 is 0 Å². The Balaban J connectivity index is 2.00. The number of carbonyl (C=O) groups is 1. The van der Waals surface area contributed by atoms with Crippen molar-refractivity contribution in [2.45, 2.75) is 18.7 Å². The first-order valence-corrected chi connectivity index (χ1v) is 7.97. The summed E-state index contributed by atoms with van der Waals surface area (Å²) in [6, 6.07) is 4.07. The molecule has 0 radical (unpaired) electrons. The first kappa shape index (κ1) is 15.8. The Bertz CT molecular complexity index is 574. The fourth-order valence-electron chi connectivity index (χ4n) is 2.33. The number of amides is 1. The molecule has 0 saturated carbocycles. The van der Waals surface area contributed by atoms with Crippen LogP contribution in [0.5, 0.6) is 0 Å². The number of likely N-dealkylation sites (N-methyl/N-ethyl adjacent to an activating group) is 1. The predicted octanol–water partition coefficient (Wildman–Crippen LogP) is 1.44. The standard InChI is InChI=1S/C15H20N4OS/c1-11-8-14(13(9-16)12(2)17-11)21-10-15(20)19-6-4-18(3)5-7-19/h8H,4-7,10H2,1-3H3. The monoisotopic (exact) mass is 304 g/mol. The quantitative estimate of drug-likeness (QED) is 0.791. The molecule has 1 saturated heterocycles. The number of hydrogen-bond donors (Lipinski definition) is 0. The minimum atomic E-state index is 0.143. The normalized spacial score (nSPS) is 15.8. The van der Waals surface area contributed by atoms with Crippen LogP contribution in [0.15, 0.2) is 11.0 Å². The number of nitriles is 1. The molecule has 0 aliphatic carbocycles. The number of rotatable bonds is 3.